The number of ether oxygens (including phenoxy) is 1. The summed E-state index contributed by atoms with van der Waals surface area (Å²) in [5.74, 6) is 0. The summed E-state index contributed by atoms with van der Waals surface area (Å²) in [5.41, 5.74) is 2.30. The van der Waals surface area contributed by atoms with Crippen molar-refractivity contribution in [1.29, 1.82) is 0 Å². The average Bonchev–Trinajstić information content (AvgIpc) is 2.67. The molecule has 5 heteroatoms. The van der Waals surface area contributed by atoms with E-state index >= 15 is 0 Å². The molecule has 102 valence electrons. The van der Waals surface area contributed by atoms with E-state index in [9.17, 15) is 0 Å². The first kappa shape index (κ1) is 14.4. The van der Waals surface area contributed by atoms with Gasteiger partial charge in [0.15, 0.2) is 0 Å². The van der Waals surface area contributed by atoms with Gasteiger partial charge in [0, 0.05) is 24.4 Å². The van der Waals surface area contributed by atoms with E-state index in [0.29, 0.717) is 0 Å². The predicted molar refractivity (Wildman–Crippen MR) is 77.6 cm³/mol. The lowest BCUT2D eigenvalue weighted by atomic mass is 9.80. The Kier molecular flexibility index (Phi) is 4.73. The standard InChI is InChI=1S/C13H20BrClN2O/c1-3-10-12(15)11(17(2)16-10)7-13(8-14)5-4-6-18-9-13/h3-9H2,1-2H3. The largest absolute Gasteiger partial charge is 0.381 e. The van der Waals surface area contributed by atoms with Crippen molar-refractivity contribution in [3.05, 3.63) is 16.4 Å². The van der Waals surface area contributed by atoms with Crippen molar-refractivity contribution in [2.75, 3.05) is 18.5 Å². The van der Waals surface area contributed by atoms with Crippen molar-refractivity contribution in [2.45, 2.75) is 32.6 Å². The van der Waals surface area contributed by atoms with Crippen LogP contribution in [0.25, 0.3) is 0 Å². The Morgan fingerprint density at radius 3 is 2.83 bits per heavy atom. The molecule has 0 saturated carbocycles. The molecule has 0 aromatic carbocycles. The molecule has 3 nitrogen and oxygen atoms in total. The molecule has 0 aliphatic carbocycles. The number of aromatic nitrogens is 2. The van der Waals surface area contributed by atoms with Crippen molar-refractivity contribution in [3.63, 3.8) is 0 Å². The summed E-state index contributed by atoms with van der Waals surface area (Å²) in [4.78, 5) is 0. The minimum absolute atomic E-state index is 0.167. The van der Waals surface area contributed by atoms with E-state index in [4.69, 9.17) is 16.3 Å². The molecule has 1 fully saturated rings. The van der Waals surface area contributed by atoms with Crippen LogP contribution in [0.2, 0.25) is 5.02 Å². The van der Waals surface area contributed by atoms with Crippen LogP contribution in [0.5, 0.6) is 0 Å². The van der Waals surface area contributed by atoms with Crippen molar-refractivity contribution < 1.29 is 4.74 Å². The second kappa shape index (κ2) is 5.93. The summed E-state index contributed by atoms with van der Waals surface area (Å²) in [6, 6.07) is 0. The lowest BCUT2D eigenvalue weighted by molar-refractivity contribution is 0.00529. The molecule has 2 rings (SSSR count). The molecule has 0 bridgehead atoms. The normalized spacial score (nSPS) is 24.4. The van der Waals surface area contributed by atoms with Crippen LogP contribution < -0.4 is 0 Å². The summed E-state index contributed by atoms with van der Waals surface area (Å²) in [6.07, 6.45) is 4.12. The Labute approximate surface area is 122 Å². The highest BCUT2D eigenvalue weighted by molar-refractivity contribution is 9.09. The van der Waals surface area contributed by atoms with Crippen LogP contribution in [-0.2, 0) is 24.6 Å². The molecule has 0 radical (unpaired) electrons. The van der Waals surface area contributed by atoms with E-state index in [-0.39, 0.29) is 5.41 Å². The number of alkyl halides is 1. The molecule has 1 atom stereocenters. The first-order valence-electron chi connectivity index (χ1n) is 6.46. The van der Waals surface area contributed by atoms with Gasteiger partial charge < -0.3 is 4.74 Å². The fraction of sp³-hybridized carbons (Fsp3) is 0.769. The van der Waals surface area contributed by atoms with Crippen LogP contribution >= 0.6 is 27.5 Å². The zero-order valence-corrected chi connectivity index (χ0v) is 13.4. The summed E-state index contributed by atoms with van der Waals surface area (Å²) < 4.78 is 7.59. The number of rotatable bonds is 4. The van der Waals surface area contributed by atoms with Crippen molar-refractivity contribution in [3.8, 4) is 0 Å². The van der Waals surface area contributed by atoms with Crippen molar-refractivity contribution >= 4 is 27.5 Å². The van der Waals surface area contributed by atoms with Gasteiger partial charge in [-0.05, 0) is 25.7 Å². The first-order valence-corrected chi connectivity index (χ1v) is 7.96. The Morgan fingerprint density at radius 2 is 2.33 bits per heavy atom. The van der Waals surface area contributed by atoms with E-state index < -0.39 is 0 Å². The topological polar surface area (TPSA) is 27.1 Å². The van der Waals surface area contributed by atoms with Gasteiger partial charge in [0.2, 0.25) is 0 Å². The van der Waals surface area contributed by atoms with Crippen molar-refractivity contribution in [2.24, 2.45) is 12.5 Å². The molecular formula is C13H20BrClN2O. The van der Waals surface area contributed by atoms with Gasteiger partial charge in [-0.25, -0.2) is 0 Å². The maximum atomic E-state index is 6.43. The molecule has 2 heterocycles. The Morgan fingerprint density at radius 1 is 1.56 bits per heavy atom. The van der Waals surface area contributed by atoms with Gasteiger partial charge in [-0.3, -0.25) is 4.68 Å². The molecule has 1 saturated heterocycles. The number of halogens is 2. The number of hydrogen-bond acceptors (Lipinski definition) is 2. The summed E-state index contributed by atoms with van der Waals surface area (Å²) in [7, 11) is 1.98. The van der Waals surface area contributed by atoms with Crippen LogP contribution in [0.15, 0.2) is 0 Å². The van der Waals surface area contributed by atoms with E-state index in [1.807, 2.05) is 11.7 Å². The zero-order valence-electron chi connectivity index (χ0n) is 11.0. The predicted octanol–water partition coefficient (Wildman–Crippen LogP) is 3.37. The molecule has 1 aromatic heterocycles. The Hall–Kier alpha value is -0.0600. The lowest BCUT2D eigenvalue weighted by Crippen LogP contribution is -2.36. The third-order valence-corrected chi connectivity index (χ3v) is 5.36. The number of nitrogens with zero attached hydrogens (tertiary/aromatic N) is 2. The highest BCUT2D eigenvalue weighted by Crippen LogP contribution is 2.36. The molecule has 0 N–H and O–H groups in total. The highest BCUT2D eigenvalue weighted by Gasteiger charge is 2.34. The third-order valence-electron chi connectivity index (χ3n) is 3.73. The highest BCUT2D eigenvalue weighted by atomic mass is 79.9. The van der Waals surface area contributed by atoms with Crippen LogP contribution in [0.3, 0.4) is 0 Å². The van der Waals surface area contributed by atoms with Gasteiger partial charge in [0.1, 0.15) is 0 Å². The van der Waals surface area contributed by atoms with Gasteiger partial charge in [0.25, 0.3) is 0 Å². The maximum absolute atomic E-state index is 6.43. The van der Waals surface area contributed by atoms with Crippen LogP contribution in [0.1, 0.15) is 31.2 Å². The molecule has 0 amide bonds. The molecule has 18 heavy (non-hydrogen) atoms. The maximum Gasteiger partial charge on any atom is 0.0849 e. The quantitative estimate of drug-likeness (QED) is 0.789. The summed E-state index contributed by atoms with van der Waals surface area (Å²) >= 11 is 10.1. The zero-order chi connectivity index (χ0) is 13.2. The molecule has 0 spiro atoms. The summed E-state index contributed by atoms with van der Waals surface area (Å²) in [6.45, 7) is 3.78. The fourth-order valence-corrected chi connectivity index (χ4v) is 3.57. The SMILES string of the molecule is CCc1nn(C)c(CC2(CBr)CCCOC2)c1Cl. The lowest BCUT2D eigenvalue weighted by Gasteiger charge is -2.35. The molecule has 1 aliphatic rings. The Bertz CT molecular complexity index is 413. The minimum atomic E-state index is 0.167. The van der Waals surface area contributed by atoms with E-state index in [1.54, 1.807) is 0 Å². The summed E-state index contributed by atoms with van der Waals surface area (Å²) in [5, 5.41) is 6.27. The molecule has 1 unspecified atom stereocenters. The van der Waals surface area contributed by atoms with Gasteiger partial charge in [-0.2, -0.15) is 5.10 Å². The second-order valence-corrected chi connectivity index (χ2v) is 6.09. The fourth-order valence-electron chi connectivity index (χ4n) is 2.57. The van der Waals surface area contributed by atoms with E-state index in [1.165, 1.54) is 6.42 Å². The van der Waals surface area contributed by atoms with Crippen molar-refractivity contribution in [1.82, 2.24) is 9.78 Å². The molecule has 1 aromatic rings. The van der Waals surface area contributed by atoms with E-state index in [0.717, 1.165) is 54.2 Å². The van der Waals surface area contributed by atoms with E-state index in [2.05, 4.69) is 28.0 Å². The smallest absolute Gasteiger partial charge is 0.0849 e. The minimum Gasteiger partial charge on any atom is -0.381 e. The monoisotopic (exact) mass is 334 g/mol. The van der Waals surface area contributed by atoms with Crippen LogP contribution in [-0.4, -0.2) is 28.3 Å². The molecular weight excluding hydrogens is 316 g/mol. The third kappa shape index (κ3) is 2.75. The van der Waals surface area contributed by atoms with Gasteiger partial charge in [-0.15, -0.1) is 0 Å². The first-order chi connectivity index (χ1) is 8.62. The van der Waals surface area contributed by atoms with Gasteiger partial charge in [-0.1, -0.05) is 34.5 Å². The number of aryl methyl sites for hydroxylation is 2. The molecule has 1 aliphatic heterocycles. The number of hydrogen-bond donors (Lipinski definition) is 0. The van der Waals surface area contributed by atoms with Crippen LogP contribution in [0, 0.1) is 5.41 Å². The Balaban J connectivity index is 2.24. The van der Waals surface area contributed by atoms with Gasteiger partial charge in [0.05, 0.1) is 23.0 Å². The van der Waals surface area contributed by atoms with Crippen LogP contribution in [0.4, 0.5) is 0 Å². The average molecular weight is 336 g/mol. The van der Waals surface area contributed by atoms with Gasteiger partial charge >= 0.3 is 0 Å². The second-order valence-electron chi connectivity index (χ2n) is 5.15.